The monoisotopic (exact) mass is 273 g/mol. The third-order valence-corrected chi connectivity index (χ3v) is 4.60. The Morgan fingerprint density at radius 2 is 1.70 bits per heavy atom. The molecular weight excluding hydrogens is 249 g/mol. The first-order valence-corrected chi connectivity index (χ1v) is 7.89. The van der Waals surface area contributed by atoms with Gasteiger partial charge in [0.2, 0.25) is 0 Å². The minimum atomic E-state index is -0.161. The van der Waals surface area contributed by atoms with E-state index in [1.165, 1.54) is 44.1 Å². The summed E-state index contributed by atoms with van der Waals surface area (Å²) in [5.41, 5.74) is 2.13. The van der Waals surface area contributed by atoms with Gasteiger partial charge in [-0.25, -0.2) is 0 Å². The summed E-state index contributed by atoms with van der Waals surface area (Å²) in [7, 11) is 0. The van der Waals surface area contributed by atoms with Crippen molar-refractivity contribution in [2.45, 2.75) is 57.3 Å². The van der Waals surface area contributed by atoms with Crippen molar-refractivity contribution in [3.05, 3.63) is 35.4 Å². The quantitative estimate of drug-likeness (QED) is 0.640. The van der Waals surface area contributed by atoms with E-state index in [9.17, 15) is 4.39 Å². The summed E-state index contributed by atoms with van der Waals surface area (Å²) in [6, 6.07) is 10.3. The fourth-order valence-corrected chi connectivity index (χ4v) is 3.32. The van der Waals surface area contributed by atoms with Crippen LogP contribution in [0.15, 0.2) is 24.3 Å². The average molecular weight is 273 g/mol. The fourth-order valence-electron chi connectivity index (χ4n) is 3.32. The van der Waals surface area contributed by atoms with Crippen LogP contribution in [0.2, 0.25) is 0 Å². The molecule has 0 amide bonds. The molecule has 0 bridgehead atoms. The number of unbranched alkanes of at least 4 members (excludes halogenated alkanes) is 2. The van der Waals surface area contributed by atoms with Crippen LogP contribution in [0.1, 0.15) is 68.4 Å². The van der Waals surface area contributed by atoms with E-state index in [0.29, 0.717) is 5.92 Å². The third kappa shape index (κ3) is 4.34. The molecule has 0 spiro atoms. The molecule has 0 aromatic heterocycles. The largest absolute Gasteiger partial charge is 0.251 e. The van der Waals surface area contributed by atoms with E-state index in [0.717, 1.165) is 24.3 Å². The molecule has 0 radical (unpaired) electrons. The van der Waals surface area contributed by atoms with Crippen molar-refractivity contribution in [1.82, 2.24) is 0 Å². The lowest BCUT2D eigenvalue weighted by atomic mass is 9.77. The van der Waals surface area contributed by atoms with Crippen molar-refractivity contribution in [1.29, 1.82) is 5.26 Å². The Hall–Kier alpha value is -1.36. The lowest BCUT2D eigenvalue weighted by Gasteiger charge is -2.28. The maximum atomic E-state index is 12.0. The first kappa shape index (κ1) is 15.0. The van der Waals surface area contributed by atoms with Gasteiger partial charge in [0, 0.05) is 0 Å². The van der Waals surface area contributed by atoms with Gasteiger partial charge in [-0.2, -0.15) is 5.26 Å². The van der Waals surface area contributed by atoms with E-state index in [1.54, 1.807) is 0 Å². The number of hydrogen-bond acceptors (Lipinski definition) is 1. The van der Waals surface area contributed by atoms with Crippen LogP contribution < -0.4 is 0 Å². The zero-order valence-electron chi connectivity index (χ0n) is 12.2. The van der Waals surface area contributed by atoms with Crippen molar-refractivity contribution >= 4 is 0 Å². The summed E-state index contributed by atoms with van der Waals surface area (Å²) in [5, 5.41) is 8.82. The van der Waals surface area contributed by atoms with E-state index < -0.39 is 0 Å². The van der Waals surface area contributed by atoms with E-state index in [4.69, 9.17) is 5.26 Å². The van der Waals surface area contributed by atoms with Gasteiger partial charge in [0.15, 0.2) is 0 Å². The smallest absolute Gasteiger partial charge is 0.0991 e. The minimum absolute atomic E-state index is 0.161. The Labute approximate surface area is 121 Å². The second kappa shape index (κ2) is 8.04. The third-order valence-electron chi connectivity index (χ3n) is 4.60. The van der Waals surface area contributed by atoms with Gasteiger partial charge in [-0.15, -0.1) is 0 Å². The second-order valence-corrected chi connectivity index (χ2v) is 5.99. The summed E-state index contributed by atoms with van der Waals surface area (Å²) in [6.45, 7) is -0.161. The van der Waals surface area contributed by atoms with Gasteiger partial charge in [-0.3, -0.25) is 4.39 Å². The van der Waals surface area contributed by atoms with Crippen LogP contribution in [-0.2, 0) is 0 Å². The predicted molar refractivity (Wildman–Crippen MR) is 80.3 cm³/mol. The van der Waals surface area contributed by atoms with Gasteiger partial charge in [-0.05, 0) is 61.6 Å². The van der Waals surface area contributed by atoms with Gasteiger partial charge in [0.1, 0.15) is 0 Å². The van der Waals surface area contributed by atoms with Crippen LogP contribution in [0.4, 0.5) is 4.39 Å². The molecule has 1 aromatic rings. The summed E-state index contributed by atoms with van der Waals surface area (Å²) < 4.78 is 12.0. The van der Waals surface area contributed by atoms with Crippen LogP contribution >= 0.6 is 0 Å². The molecule has 0 aliphatic heterocycles. The van der Waals surface area contributed by atoms with Crippen LogP contribution in [0, 0.1) is 17.2 Å². The van der Waals surface area contributed by atoms with E-state index in [1.807, 2.05) is 12.1 Å². The maximum Gasteiger partial charge on any atom is 0.0991 e. The summed E-state index contributed by atoms with van der Waals surface area (Å²) in [4.78, 5) is 0. The second-order valence-electron chi connectivity index (χ2n) is 5.99. The molecule has 108 valence electrons. The SMILES string of the molecule is N#Cc1ccc([C@H]2CC[C@H](CCCCCF)CC2)cc1. The summed E-state index contributed by atoms with van der Waals surface area (Å²) in [6.07, 6.45) is 9.39. The van der Waals surface area contributed by atoms with Crippen molar-refractivity contribution in [3.63, 3.8) is 0 Å². The number of alkyl halides is 1. The Bertz CT molecular complexity index is 424. The van der Waals surface area contributed by atoms with E-state index in [2.05, 4.69) is 18.2 Å². The first-order chi connectivity index (χ1) is 9.83. The highest BCUT2D eigenvalue weighted by Gasteiger charge is 2.21. The predicted octanol–water partition coefficient (Wildman–Crippen LogP) is 5.36. The fraction of sp³-hybridized carbons (Fsp3) is 0.611. The molecule has 1 aliphatic carbocycles. The molecule has 20 heavy (non-hydrogen) atoms. The normalized spacial score (nSPS) is 22.4. The number of halogens is 1. The van der Waals surface area contributed by atoms with Crippen molar-refractivity contribution in [2.75, 3.05) is 6.67 Å². The molecule has 1 nitrogen and oxygen atoms in total. The number of nitriles is 1. The van der Waals surface area contributed by atoms with Gasteiger partial charge in [-0.1, -0.05) is 31.4 Å². The number of rotatable bonds is 6. The highest BCUT2D eigenvalue weighted by atomic mass is 19.1. The van der Waals surface area contributed by atoms with E-state index >= 15 is 0 Å². The van der Waals surface area contributed by atoms with Crippen LogP contribution in [-0.4, -0.2) is 6.67 Å². The van der Waals surface area contributed by atoms with Crippen molar-refractivity contribution < 1.29 is 4.39 Å². The maximum absolute atomic E-state index is 12.0. The van der Waals surface area contributed by atoms with Gasteiger partial charge >= 0.3 is 0 Å². The molecule has 1 saturated carbocycles. The molecule has 1 fully saturated rings. The minimum Gasteiger partial charge on any atom is -0.251 e. The highest BCUT2D eigenvalue weighted by Crippen LogP contribution is 2.37. The number of benzene rings is 1. The van der Waals surface area contributed by atoms with Gasteiger partial charge < -0.3 is 0 Å². The molecule has 2 heteroatoms. The molecule has 1 aliphatic rings. The molecule has 1 aromatic carbocycles. The number of nitrogens with zero attached hydrogens (tertiary/aromatic N) is 1. The molecule has 0 atom stereocenters. The molecular formula is C18H24FN. The Morgan fingerprint density at radius 1 is 1.00 bits per heavy atom. The molecule has 0 unspecified atom stereocenters. The lowest BCUT2D eigenvalue weighted by Crippen LogP contribution is -2.13. The van der Waals surface area contributed by atoms with Crippen LogP contribution in [0.25, 0.3) is 0 Å². The zero-order valence-corrected chi connectivity index (χ0v) is 12.2. The topological polar surface area (TPSA) is 23.8 Å². The summed E-state index contributed by atoms with van der Waals surface area (Å²) in [5.74, 6) is 1.52. The van der Waals surface area contributed by atoms with Crippen LogP contribution in [0.5, 0.6) is 0 Å². The first-order valence-electron chi connectivity index (χ1n) is 7.89. The molecule has 2 rings (SSSR count). The summed E-state index contributed by atoms with van der Waals surface area (Å²) >= 11 is 0. The molecule has 0 heterocycles. The van der Waals surface area contributed by atoms with Gasteiger partial charge in [0.25, 0.3) is 0 Å². The molecule has 0 N–H and O–H groups in total. The van der Waals surface area contributed by atoms with Crippen LogP contribution in [0.3, 0.4) is 0 Å². The lowest BCUT2D eigenvalue weighted by molar-refractivity contribution is 0.300. The Morgan fingerprint density at radius 3 is 2.30 bits per heavy atom. The average Bonchev–Trinajstić information content (AvgIpc) is 2.52. The Kier molecular flexibility index (Phi) is 6.05. The highest BCUT2D eigenvalue weighted by molar-refractivity contribution is 5.33. The van der Waals surface area contributed by atoms with E-state index in [-0.39, 0.29) is 6.67 Å². The molecule has 0 saturated heterocycles. The number of hydrogen-bond donors (Lipinski definition) is 0. The standard InChI is InChI=1S/C18H24FN/c19-13-3-1-2-4-15-5-9-17(10-6-15)18-11-7-16(14-20)8-12-18/h7-8,11-12,15,17H,1-6,9-10,13H2/t15-,17-. The van der Waals surface area contributed by atoms with Gasteiger partial charge in [0.05, 0.1) is 18.3 Å². The van der Waals surface area contributed by atoms with Crippen molar-refractivity contribution in [3.8, 4) is 6.07 Å². The zero-order chi connectivity index (χ0) is 14.2. The van der Waals surface area contributed by atoms with Crippen molar-refractivity contribution in [2.24, 2.45) is 5.92 Å². The Balaban J connectivity index is 1.74.